The van der Waals surface area contributed by atoms with Crippen molar-refractivity contribution in [3.8, 4) is 0 Å². The zero-order valence-electron chi connectivity index (χ0n) is 20.1. The third-order valence-corrected chi connectivity index (χ3v) is 7.50. The van der Waals surface area contributed by atoms with E-state index in [-0.39, 0.29) is 30.3 Å². The Balaban J connectivity index is 1.29. The highest BCUT2D eigenvalue weighted by molar-refractivity contribution is 5.14. The van der Waals surface area contributed by atoms with Gasteiger partial charge in [-0.3, -0.25) is 0 Å². The summed E-state index contributed by atoms with van der Waals surface area (Å²) in [6.07, 6.45) is 4.73. The van der Waals surface area contributed by atoms with Gasteiger partial charge in [0, 0.05) is 18.9 Å². The number of aliphatic hydroxyl groups is 1. The summed E-state index contributed by atoms with van der Waals surface area (Å²) < 4.78 is 18.9. The third-order valence-electron chi connectivity index (χ3n) is 7.50. The molecule has 1 heterocycles. The second-order valence-electron chi connectivity index (χ2n) is 9.92. The van der Waals surface area contributed by atoms with Crippen molar-refractivity contribution in [1.82, 2.24) is 0 Å². The number of hydrogen-bond donors (Lipinski definition) is 1. The summed E-state index contributed by atoms with van der Waals surface area (Å²) in [4.78, 5) is 0. The van der Waals surface area contributed by atoms with Crippen molar-refractivity contribution in [1.29, 1.82) is 0 Å². The van der Waals surface area contributed by atoms with Gasteiger partial charge >= 0.3 is 0 Å². The van der Waals surface area contributed by atoms with E-state index in [1.807, 2.05) is 24.3 Å². The van der Waals surface area contributed by atoms with Crippen LogP contribution in [-0.2, 0) is 27.4 Å². The SMILES string of the molecule is CCC1CC1C(CC1CC(O)C(C)C(CCOCc2ccccc2)O1)OCc1ccccc1. The highest BCUT2D eigenvalue weighted by Gasteiger charge is 2.44. The van der Waals surface area contributed by atoms with Crippen molar-refractivity contribution >= 4 is 0 Å². The smallest absolute Gasteiger partial charge is 0.0720 e. The van der Waals surface area contributed by atoms with Gasteiger partial charge in [0.05, 0.1) is 37.6 Å². The van der Waals surface area contributed by atoms with Crippen LogP contribution in [0.5, 0.6) is 0 Å². The van der Waals surface area contributed by atoms with Crippen molar-refractivity contribution in [3.05, 3.63) is 71.8 Å². The first-order valence-corrected chi connectivity index (χ1v) is 12.7. The Bertz CT molecular complexity index is 811. The van der Waals surface area contributed by atoms with Gasteiger partial charge in [-0.1, -0.05) is 80.9 Å². The molecule has 1 saturated carbocycles. The van der Waals surface area contributed by atoms with Gasteiger partial charge in [0.25, 0.3) is 0 Å². The van der Waals surface area contributed by atoms with Crippen LogP contribution >= 0.6 is 0 Å². The van der Waals surface area contributed by atoms with Gasteiger partial charge in [-0.2, -0.15) is 0 Å². The molecule has 0 bridgehead atoms. The molecule has 1 saturated heterocycles. The minimum absolute atomic E-state index is 0.0190. The molecule has 1 aliphatic carbocycles. The maximum atomic E-state index is 10.8. The van der Waals surface area contributed by atoms with Crippen LogP contribution in [0.3, 0.4) is 0 Å². The number of aliphatic hydroxyl groups excluding tert-OH is 1. The second kappa shape index (κ2) is 12.1. The largest absolute Gasteiger partial charge is 0.393 e. The fourth-order valence-corrected chi connectivity index (χ4v) is 5.20. The molecule has 2 fully saturated rings. The molecular weight excluding hydrogens is 412 g/mol. The van der Waals surface area contributed by atoms with Gasteiger partial charge in [-0.15, -0.1) is 0 Å². The monoisotopic (exact) mass is 452 g/mol. The summed E-state index contributed by atoms with van der Waals surface area (Å²) in [6, 6.07) is 20.6. The van der Waals surface area contributed by atoms with E-state index in [0.717, 1.165) is 18.8 Å². The third kappa shape index (κ3) is 7.13. The summed E-state index contributed by atoms with van der Waals surface area (Å²) in [7, 11) is 0. The summed E-state index contributed by atoms with van der Waals surface area (Å²) in [5.41, 5.74) is 2.39. The van der Waals surface area contributed by atoms with Gasteiger partial charge in [0.2, 0.25) is 0 Å². The molecular formula is C29H40O4. The Morgan fingerprint density at radius 2 is 1.64 bits per heavy atom. The lowest BCUT2D eigenvalue weighted by molar-refractivity contribution is -0.152. The zero-order valence-corrected chi connectivity index (χ0v) is 20.1. The van der Waals surface area contributed by atoms with Crippen LogP contribution in [0.25, 0.3) is 0 Å². The minimum Gasteiger partial charge on any atom is -0.393 e. The number of hydrogen-bond acceptors (Lipinski definition) is 4. The van der Waals surface area contributed by atoms with Crippen molar-refractivity contribution in [2.45, 2.75) is 83.6 Å². The van der Waals surface area contributed by atoms with Crippen LogP contribution < -0.4 is 0 Å². The molecule has 2 aliphatic rings. The topological polar surface area (TPSA) is 47.9 Å². The molecule has 4 heteroatoms. The Morgan fingerprint density at radius 1 is 0.970 bits per heavy atom. The van der Waals surface area contributed by atoms with Crippen molar-refractivity contribution in [2.24, 2.45) is 17.8 Å². The van der Waals surface area contributed by atoms with E-state index in [0.29, 0.717) is 32.2 Å². The van der Waals surface area contributed by atoms with E-state index in [1.165, 1.54) is 24.0 Å². The van der Waals surface area contributed by atoms with Crippen molar-refractivity contribution < 1.29 is 19.3 Å². The van der Waals surface area contributed by atoms with Crippen LogP contribution in [-0.4, -0.2) is 36.1 Å². The average Bonchev–Trinajstić information content (AvgIpc) is 3.63. The fraction of sp³-hybridized carbons (Fsp3) is 0.586. The Kier molecular flexibility index (Phi) is 8.96. The molecule has 180 valence electrons. The van der Waals surface area contributed by atoms with Gasteiger partial charge < -0.3 is 19.3 Å². The predicted molar refractivity (Wildman–Crippen MR) is 131 cm³/mol. The second-order valence-corrected chi connectivity index (χ2v) is 9.92. The van der Waals surface area contributed by atoms with Gasteiger partial charge in [-0.05, 0) is 42.2 Å². The molecule has 0 aromatic heterocycles. The van der Waals surface area contributed by atoms with E-state index in [9.17, 15) is 5.11 Å². The van der Waals surface area contributed by atoms with E-state index in [4.69, 9.17) is 14.2 Å². The fourth-order valence-electron chi connectivity index (χ4n) is 5.20. The van der Waals surface area contributed by atoms with E-state index >= 15 is 0 Å². The summed E-state index contributed by atoms with van der Waals surface area (Å²) in [5.74, 6) is 1.50. The van der Waals surface area contributed by atoms with Crippen LogP contribution in [0, 0.1) is 17.8 Å². The van der Waals surface area contributed by atoms with Gasteiger partial charge in [0.15, 0.2) is 0 Å². The molecule has 4 nitrogen and oxygen atoms in total. The normalized spacial score (nSPS) is 30.2. The number of ether oxygens (including phenoxy) is 3. The van der Waals surface area contributed by atoms with Gasteiger partial charge in [0.1, 0.15) is 0 Å². The molecule has 7 atom stereocenters. The lowest BCUT2D eigenvalue weighted by Crippen LogP contribution is -2.44. The van der Waals surface area contributed by atoms with Gasteiger partial charge in [-0.25, -0.2) is 0 Å². The number of rotatable bonds is 12. The first-order valence-electron chi connectivity index (χ1n) is 12.7. The molecule has 0 spiro atoms. The molecule has 33 heavy (non-hydrogen) atoms. The predicted octanol–water partition coefficient (Wildman–Crippen LogP) is 5.77. The minimum atomic E-state index is -0.334. The molecule has 2 aromatic carbocycles. The average molecular weight is 453 g/mol. The maximum absolute atomic E-state index is 10.8. The van der Waals surface area contributed by atoms with E-state index < -0.39 is 0 Å². The lowest BCUT2D eigenvalue weighted by Gasteiger charge is -2.39. The first-order chi connectivity index (χ1) is 16.1. The molecule has 1 aliphatic heterocycles. The first kappa shape index (κ1) is 24.4. The highest BCUT2D eigenvalue weighted by Crippen LogP contribution is 2.47. The molecule has 2 aromatic rings. The summed E-state index contributed by atoms with van der Waals surface area (Å²) in [6.45, 7) is 6.26. The van der Waals surface area contributed by atoms with E-state index in [2.05, 4.69) is 50.2 Å². The van der Waals surface area contributed by atoms with Crippen LogP contribution in [0.4, 0.5) is 0 Å². The molecule has 7 unspecified atom stereocenters. The van der Waals surface area contributed by atoms with Crippen molar-refractivity contribution in [2.75, 3.05) is 6.61 Å². The molecule has 4 rings (SSSR count). The Hall–Kier alpha value is -1.72. The summed E-state index contributed by atoms with van der Waals surface area (Å²) in [5, 5.41) is 10.8. The molecule has 0 radical (unpaired) electrons. The summed E-state index contributed by atoms with van der Waals surface area (Å²) >= 11 is 0. The Labute approximate surface area is 199 Å². The van der Waals surface area contributed by atoms with Crippen molar-refractivity contribution in [3.63, 3.8) is 0 Å². The van der Waals surface area contributed by atoms with Crippen LogP contribution in [0.1, 0.15) is 57.1 Å². The zero-order chi connectivity index (χ0) is 23.0. The quantitative estimate of drug-likeness (QED) is 0.415. The highest BCUT2D eigenvalue weighted by atomic mass is 16.5. The molecule has 1 N–H and O–H groups in total. The standard InChI is InChI=1S/C29H40O4/c1-3-24-16-26(24)29(32-20-23-12-8-5-9-13-23)18-25-17-27(30)21(2)28(33-25)14-15-31-19-22-10-6-4-7-11-22/h4-13,21,24-30H,3,14-20H2,1-2H3. The lowest BCUT2D eigenvalue weighted by atomic mass is 9.87. The Morgan fingerprint density at radius 3 is 2.27 bits per heavy atom. The van der Waals surface area contributed by atoms with E-state index in [1.54, 1.807) is 0 Å². The number of benzene rings is 2. The van der Waals surface area contributed by atoms with Crippen LogP contribution in [0.15, 0.2) is 60.7 Å². The maximum Gasteiger partial charge on any atom is 0.0720 e. The molecule has 0 amide bonds. The van der Waals surface area contributed by atoms with Crippen LogP contribution in [0.2, 0.25) is 0 Å².